The fourth-order valence-corrected chi connectivity index (χ4v) is 0.723. The van der Waals surface area contributed by atoms with Crippen LogP contribution in [0.4, 0.5) is 0 Å². The molecule has 1 aromatic carbocycles. The van der Waals surface area contributed by atoms with Gasteiger partial charge < -0.3 is 0 Å². The van der Waals surface area contributed by atoms with Gasteiger partial charge in [-0.05, 0) is 0 Å². The molecular formula is C7H3N3O2. The van der Waals surface area contributed by atoms with Gasteiger partial charge in [-0.25, -0.2) is 0 Å². The highest BCUT2D eigenvalue weighted by molar-refractivity contribution is 5.27. The van der Waals surface area contributed by atoms with Gasteiger partial charge in [-0.2, -0.15) is 5.26 Å². The molecular weight excluding hydrogens is 158 g/mol. The lowest BCUT2D eigenvalue weighted by molar-refractivity contribution is 1.08. The maximum atomic E-state index is 10.9. The van der Waals surface area contributed by atoms with Gasteiger partial charge in [0.2, 0.25) is 10.9 Å². The molecule has 0 aromatic heterocycles. The minimum atomic E-state index is -0.859. The number of hydrogen-bond donors (Lipinski definition) is 2. The summed E-state index contributed by atoms with van der Waals surface area (Å²) in [6.45, 7) is 0. The quantitative estimate of drug-likeness (QED) is 0.464. The Bertz CT molecular complexity index is 558. The van der Waals surface area contributed by atoms with E-state index in [0.717, 1.165) is 6.07 Å². The summed E-state index contributed by atoms with van der Waals surface area (Å²) >= 11 is 0. The highest BCUT2D eigenvalue weighted by atomic mass is 16.1. The summed E-state index contributed by atoms with van der Waals surface area (Å²) in [4.78, 5) is 21.7. The molecule has 0 bridgehead atoms. The molecule has 1 aromatic rings. The van der Waals surface area contributed by atoms with E-state index >= 15 is 0 Å². The van der Waals surface area contributed by atoms with Crippen LogP contribution in [0.15, 0.2) is 15.7 Å². The molecule has 58 valence electrons. The van der Waals surface area contributed by atoms with Crippen molar-refractivity contribution >= 4 is 0 Å². The molecule has 0 amide bonds. The SMILES string of the molecule is N#Cc1cc(=O)c(=N)c(=N)c1=O. The van der Waals surface area contributed by atoms with E-state index in [1.165, 1.54) is 6.07 Å². The summed E-state index contributed by atoms with van der Waals surface area (Å²) < 4.78 is 0. The van der Waals surface area contributed by atoms with Crippen molar-refractivity contribution in [3.63, 3.8) is 0 Å². The molecule has 0 aliphatic heterocycles. The second-order valence-electron chi connectivity index (χ2n) is 2.11. The number of benzene rings is 1. The van der Waals surface area contributed by atoms with Crippen molar-refractivity contribution in [3.8, 4) is 6.07 Å². The van der Waals surface area contributed by atoms with Crippen LogP contribution in [0.3, 0.4) is 0 Å². The lowest BCUT2D eigenvalue weighted by Crippen LogP contribution is -2.47. The van der Waals surface area contributed by atoms with Crippen molar-refractivity contribution in [2.24, 2.45) is 0 Å². The first-order valence-electron chi connectivity index (χ1n) is 2.96. The molecule has 5 nitrogen and oxygen atoms in total. The molecule has 5 heteroatoms. The lowest BCUT2D eigenvalue weighted by Gasteiger charge is -1.82. The third-order valence-electron chi connectivity index (χ3n) is 1.36. The van der Waals surface area contributed by atoms with Gasteiger partial charge in [0.25, 0.3) is 0 Å². The second-order valence-corrected chi connectivity index (χ2v) is 2.11. The molecule has 0 saturated carbocycles. The average Bonchev–Trinajstić information content (AvgIpc) is 2.08. The van der Waals surface area contributed by atoms with E-state index in [2.05, 4.69) is 0 Å². The number of nitriles is 1. The molecule has 0 saturated heterocycles. The molecule has 0 unspecified atom stereocenters. The van der Waals surface area contributed by atoms with Gasteiger partial charge in [-0.3, -0.25) is 20.4 Å². The zero-order chi connectivity index (χ0) is 9.30. The number of rotatable bonds is 0. The van der Waals surface area contributed by atoms with Gasteiger partial charge >= 0.3 is 0 Å². The van der Waals surface area contributed by atoms with E-state index in [1.54, 1.807) is 0 Å². The minimum absolute atomic E-state index is 0.374. The van der Waals surface area contributed by atoms with Crippen molar-refractivity contribution in [2.75, 3.05) is 0 Å². The van der Waals surface area contributed by atoms with E-state index < -0.39 is 21.6 Å². The second kappa shape index (κ2) is 2.51. The van der Waals surface area contributed by atoms with Crippen LogP contribution in [0, 0.1) is 22.1 Å². The predicted octanol–water partition coefficient (Wildman–Crippen LogP) is -1.89. The molecule has 0 spiro atoms. The van der Waals surface area contributed by atoms with Crippen LogP contribution in [-0.2, 0) is 0 Å². The third kappa shape index (κ3) is 0.953. The molecule has 0 heterocycles. The van der Waals surface area contributed by atoms with E-state index in [1.807, 2.05) is 0 Å². The summed E-state index contributed by atoms with van der Waals surface area (Å²) in [7, 11) is 0. The topological polar surface area (TPSA) is 106 Å². The van der Waals surface area contributed by atoms with E-state index in [9.17, 15) is 9.59 Å². The Morgan fingerprint density at radius 3 is 2.33 bits per heavy atom. The van der Waals surface area contributed by atoms with Gasteiger partial charge in [-0.1, -0.05) is 0 Å². The smallest absolute Gasteiger partial charge is 0.223 e. The number of hydrogen-bond acceptors (Lipinski definition) is 5. The van der Waals surface area contributed by atoms with Gasteiger partial charge in [0.05, 0.1) is 0 Å². The van der Waals surface area contributed by atoms with E-state index in [-0.39, 0.29) is 5.56 Å². The predicted molar refractivity (Wildman–Crippen MR) is 37.8 cm³/mol. The van der Waals surface area contributed by atoms with Gasteiger partial charge in [0, 0.05) is 6.07 Å². The van der Waals surface area contributed by atoms with Crippen LogP contribution < -0.4 is 21.6 Å². The number of nitrogens with one attached hydrogen (secondary N) is 2. The van der Waals surface area contributed by atoms with Crippen LogP contribution in [-0.4, -0.2) is 0 Å². The Morgan fingerprint density at radius 2 is 1.83 bits per heavy atom. The summed E-state index contributed by atoms with van der Waals surface area (Å²) in [6.07, 6.45) is 0. The zero-order valence-electron chi connectivity index (χ0n) is 5.84. The molecule has 0 radical (unpaired) electrons. The Kier molecular flexibility index (Phi) is 1.67. The van der Waals surface area contributed by atoms with Crippen LogP contribution in [0.2, 0.25) is 0 Å². The molecule has 12 heavy (non-hydrogen) atoms. The summed E-state index contributed by atoms with van der Waals surface area (Å²) in [5.41, 5.74) is -2.00. The maximum Gasteiger partial charge on any atom is 0.223 e. The van der Waals surface area contributed by atoms with Crippen molar-refractivity contribution in [1.29, 1.82) is 16.1 Å². The number of nitrogens with zero attached hydrogens (tertiary/aromatic N) is 1. The van der Waals surface area contributed by atoms with Crippen molar-refractivity contribution < 1.29 is 0 Å². The zero-order valence-corrected chi connectivity index (χ0v) is 5.84. The Morgan fingerprint density at radius 1 is 1.25 bits per heavy atom. The monoisotopic (exact) mass is 161 g/mol. The third-order valence-corrected chi connectivity index (χ3v) is 1.36. The van der Waals surface area contributed by atoms with E-state index in [4.69, 9.17) is 16.1 Å². The lowest BCUT2D eigenvalue weighted by atomic mass is 10.2. The summed E-state index contributed by atoms with van der Waals surface area (Å²) in [6, 6.07) is 2.27. The first-order chi connectivity index (χ1) is 5.57. The average molecular weight is 161 g/mol. The Labute approximate surface area is 65.9 Å². The Hall–Kier alpha value is -2.09. The highest BCUT2D eigenvalue weighted by Gasteiger charge is 2.03. The van der Waals surface area contributed by atoms with Gasteiger partial charge in [-0.15, -0.1) is 0 Å². The van der Waals surface area contributed by atoms with Crippen LogP contribution in [0.25, 0.3) is 0 Å². The van der Waals surface area contributed by atoms with E-state index in [0.29, 0.717) is 0 Å². The molecule has 0 aliphatic rings. The fourth-order valence-electron chi connectivity index (χ4n) is 0.723. The van der Waals surface area contributed by atoms with Crippen molar-refractivity contribution in [1.82, 2.24) is 0 Å². The molecule has 2 N–H and O–H groups in total. The highest BCUT2D eigenvalue weighted by Crippen LogP contribution is 1.73. The first-order valence-corrected chi connectivity index (χ1v) is 2.96. The maximum absolute atomic E-state index is 10.9. The van der Waals surface area contributed by atoms with Crippen LogP contribution in [0.1, 0.15) is 5.56 Å². The van der Waals surface area contributed by atoms with Gasteiger partial charge in [0.15, 0.2) is 0 Å². The van der Waals surface area contributed by atoms with Crippen molar-refractivity contribution in [2.45, 2.75) is 0 Å². The largest absolute Gasteiger partial charge is 0.295 e. The van der Waals surface area contributed by atoms with Crippen molar-refractivity contribution in [3.05, 3.63) is 42.8 Å². The fraction of sp³-hybridized carbons (Fsp3) is 0. The van der Waals surface area contributed by atoms with Crippen LogP contribution in [0.5, 0.6) is 0 Å². The normalized spacial score (nSPS) is 9.25. The summed E-state index contributed by atoms with van der Waals surface area (Å²) in [5.74, 6) is 0. The standard InChI is InChI=1S/C7H3N3O2/c8-2-3-1-4(11)5(9)6(10)7(3)12/h1,9-10H. The molecule has 0 fully saturated rings. The minimum Gasteiger partial charge on any atom is -0.295 e. The van der Waals surface area contributed by atoms with Crippen LogP contribution >= 0.6 is 0 Å². The first kappa shape index (κ1) is 8.01. The molecule has 0 aliphatic carbocycles. The molecule has 1 rings (SSSR count). The molecule has 0 atom stereocenters. The summed E-state index contributed by atoms with van der Waals surface area (Å²) in [5, 5.41) is 20.9. The Balaban J connectivity index is 4.04. The van der Waals surface area contributed by atoms with Gasteiger partial charge in [0.1, 0.15) is 22.3 Å².